The molecule has 0 amide bonds. The van der Waals surface area contributed by atoms with E-state index in [4.69, 9.17) is 14.2 Å². The molecule has 1 unspecified atom stereocenters. The summed E-state index contributed by atoms with van der Waals surface area (Å²) >= 11 is 0. The molecule has 1 atom stereocenters. The van der Waals surface area contributed by atoms with E-state index in [1.54, 1.807) is 0 Å². The van der Waals surface area contributed by atoms with Crippen LogP contribution in [-0.2, 0) is 28.6 Å². The number of rotatable bonds is 42. The van der Waals surface area contributed by atoms with Gasteiger partial charge in [0.25, 0.3) is 0 Å². The maximum absolute atomic E-state index is 12.7. The van der Waals surface area contributed by atoms with Gasteiger partial charge in [0.05, 0.1) is 0 Å². The summed E-state index contributed by atoms with van der Waals surface area (Å²) in [6, 6.07) is 0. The largest absolute Gasteiger partial charge is 0.462 e. The van der Waals surface area contributed by atoms with E-state index < -0.39 is 12.1 Å². The van der Waals surface area contributed by atoms with Crippen molar-refractivity contribution in [3.63, 3.8) is 0 Å². The molecule has 0 fully saturated rings. The predicted molar refractivity (Wildman–Crippen MR) is 242 cm³/mol. The molecule has 0 saturated heterocycles. The van der Waals surface area contributed by atoms with Crippen molar-refractivity contribution in [3.05, 3.63) is 60.8 Å². The normalized spacial score (nSPS) is 12.5. The molecule has 0 heterocycles. The minimum absolute atomic E-state index is 0.104. The maximum Gasteiger partial charge on any atom is 0.306 e. The maximum atomic E-state index is 12.7. The van der Waals surface area contributed by atoms with E-state index in [9.17, 15) is 14.4 Å². The molecule has 0 bridgehead atoms. The lowest BCUT2D eigenvalue weighted by Crippen LogP contribution is -2.30. The Labute approximate surface area is 351 Å². The van der Waals surface area contributed by atoms with E-state index in [0.717, 1.165) is 70.6 Å². The van der Waals surface area contributed by atoms with Crippen LogP contribution in [-0.4, -0.2) is 37.2 Å². The summed E-state index contributed by atoms with van der Waals surface area (Å²) in [5.41, 5.74) is 0. The summed E-state index contributed by atoms with van der Waals surface area (Å²) in [6.07, 6.45) is 55.0. The molecule has 0 spiro atoms. The highest BCUT2D eigenvalue weighted by molar-refractivity contribution is 5.71. The first-order chi connectivity index (χ1) is 28.0. The van der Waals surface area contributed by atoms with Crippen molar-refractivity contribution in [1.29, 1.82) is 0 Å². The van der Waals surface area contributed by atoms with Crippen molar-refractivity contribution >= 4 is 17.9 Å². The van der Waals surface area contributed by atoms with Crippen LogP contribution in [0, 0.1) is 0 Å². The molecule has 0 aromatic rings. The monoisotopic (exact) mass is 797 g/mol. The third-order valence-electron chi connectivity index (χ3n) is 10.0. The first kappa shape index (κ1) is 54.1. The highest BCUT2D eigenvalue weighted by atomic mass is 16.6. The molecule has 6 nitrogen and oxygen atoms in total. The summed E-state index contributed by atoms with van der Waals surface area (Å²) in [7, 11) is 0. The zero-order valence-corrected chi connectivity index (χ0v) is 37.3. The van der Waals surface area contributed by atoms with Gasteiger partial charge in [0.2, 0.25) is 0 Å². The Bertz CT molecular complexity index is 1050. The topological polar surface area (TPSA) is 78.9 Å². The van der Waals surface area contributed by atoms with Crippen molar-refractivity contribution in [2.45, 2.75) is 232 Å². The second kappa shape index (κ2) is 45.8. The zero-order chi connectivity index (χ0) is 41.5. The van der Waals surface area contributed by atoms with Crippen LogP contribution in [0.1, 0.15) is 226 Å². The fraction of sp³-hybridized carbons (Fsp3) is 0.745. The van der Waals surface area contributed by atoms with Gasteiger partial charge in [0, 0.05) is 19.3 Å². The van der Waals surface area contributed by atoms with Gasteiger partial charge in [-0.05, 0) is 70.6 Å². The Kier molecular flexibility index (Phi) is 43.5. The first-order valence-electron chi connectivity index (χ1n) is 23.8. The van der Waals surface area contributed by atoms with E-state index in [0.29, 0.717) is 19.3 Å². The van der Waals surface area contributed by atoms with Crippen LogP contribution in [0.3, 0.4) is 0 Å². The summed E-state index contributed by atoms with van der Waals surface area (Å²) in [6.45, 7) is 6.43. The molecule has 57 heavy (non-hydrogen) atoms. The molecule has 0 aromatic heterocycles. The van der Waals surface area contributed by atoms with E-state index >= 15 is 0 Å². The van der Waals surface area contributed by atoms with Crippen LogP contribution in [0.15, 0.2) is 60.8 Å². The third-order valence-corrected chi connectivity index (χ3v) is 10.0. The number of esters is 3. The van der Waals surface area contributed by atoms with Crippen molar-refractivity contribution < 1.29 is 28.6 Å². The number of carbonyl (C=O) groups excluding carboxylic acids is 3. The van der Waals surface area contributed by atoms with Gasteiger partial charge >= 0.3 is 17.9 Å². The van der Waals surface area contributed by atoms with Gasteiger partial charge in [-0.1, -0.05) is 197 Å². The number of ether oxygens (including phenoxy) is 3. The molecular weight excluding hydrogens is 709 g/mol. The van der Waals surface area contributed by atoms with Crippen LogP contribution in [0.4, 0.5) is 0 Å². The number of hydrogen-bond donors (Lipinski definition) is 0. The molecule has 0 aliphatic heterocycles. The first-order valence-corrected chi connectivity index (χ1v) is 23.8. The number of carbonyl (C=O) groups is 3. The van der Waals surface area contributed by atoms with Crippen molar-refractivity contribution in [3.8, 4) is 0 Å². The minimum Gasteiger partial charge on any atom is -0.462 e. The van der Waals surface area contributed by atoms with Crippen molar-refractivity contribution in [1.82, 2.24) is 0 Å². The van der Waals surface area contributed by atoms with Gasteiger partial charge < -0.3 is 14.2 Å². The fourth-order valence-corrected chi connectivity index (χ4v) is 6.45. The van der Waals surface area contributed by atoms with Crippen LogP contribution < -0.4 is 0 Å². The Hall–Kier alpha value is -2.89. The third kappa shape index (κ3) is 44.1. The van der Waals surface area contributed by atoms with Gasteiger partial charge in [0.1, 0.15) is 13.2 Å². The van der Waals surface area contributed by atoms with Gasteiger partial charge in [0.15, 0.2) is 6.10 Å². The average Bonchev–Trinajstić information content (AvgIpc) is 3.21. The van der Waals surface area contributed by atoms with Gasteiger partial charge in [-0.25, -0.2) is 0 Å². The Balaban J connectivity index is 4.45. The number of unbranched alkanes of at least 4 members (excludes halogenated alkanes) is 21. The van der Waals surface area contributed by atoms with E-state index in [-0.39, 0.29) is 31.6 Å². The molecule has 6 heteroatoms. The smallest absolute Gasteiger partial charge is 0.306 e. The Morgan fingerprint density at radius 1 is 0.368 bits per heavy atom. The summed E-state index contributed by atoms with van der Waals surface area (Å²) in [5, 5.41) is 0. The molecule has 0 aromatic carbocycles. The number of hydrogen-bond acceptors (Lipinski definition) is 6. The molecular formula is C51H88O6. The van der Waals surface area contributed by atoms with E-state index in [2.05, 4.69) is 69.4 Å². The highest BCUT2D eigenvalue weighted by Gasteiger charge is 2.19. The van der Waals surface area contributed by atoms with Gasteiger partial charge in [-0.15, -0.1) is 0 Å². The fourth-order valence-electron chi connectivity index (χ4n) is 6.45. The van der Waals surface area contributed by atoms with Crippen molar-refractivity contribution in [2.24, 2.45) is 0 Å². The molecule has 0 rings (SSSR count). The lowest BCUT2D eigenvalue weighted by molar-refractivity contribution is -0.166. The molecule has 0 aliphatic carbocycles. The molecule has 328 valence electrons. The Morgan fingerprint density at radius 3 is 1.14 bits per heavy atom. The average molecular weight is 797 g/mol. The lowest BCUT2D eigenvalue weighted by atomic mass is 10.1. The van der Waals surface area contributed by atoms with Crippen molar-refractivity contribution in [2.75, 3.05) is 13.2 Å². The lowest BCUT2D eigenvalue weighted by Gasteiger charge is -2.18. The second-order valence-corrected chi connectivity index (χ2v) is 15.6. The second-order valence-electron chi connectivity index (χ2n) is 15.6. The van der Waals surface area contributed by atoms with Crippen LogP contribution in [0.25, 0.3) is 0 Å². The van der Waals surface area contributed by atoms with E-state index in [1.165, 1.54) is 109 Å². The van der Waals surface area contributed by atoms with Gasteiger partial charge in [-0.2, -0.15) is 0 Å². The quantitative estimate of drug-likeness (QED) is 0.0265. The minimum atomic E-state index is -0.811. The van der Waals surface area contributed by atoms with E-state index in [1.807, 2.05) is 12.2 Å². The summed E-state index contributed by atoms with van der Waals surface area (Å²) in [4.78, 5) is 37.7. The van der Waals surface area contributed by atoms with Crippen LogP contribution in [0.2, 0.25) is 0 Å². The molecule has 0 saturated carbocycles. The van der Waals surface area contributed by atoms with Crippen LogP contribution in [0.5, 0.6) is 0 Å². The zero-order valence-electron chi connectivity index (χ0n) is 37.3. The standard InChI is InChI=1S/C51H88O6/c1-4-7-10-13-16-19-22-24-25-26-28-29-32-35-38-41-44-50(53)56-47-48(46-55-49(52)43-40-37-34-31-21-18-15-12-9-6-3)57-51(54)45-42-39-36-33-30-27-23-20-17-14-11-8-5-2/h8,11,17,20,25-27,30,36,39,48H,4-7,9-10,12-16,18-19,21-24,28-29,31-35,37-38,40-47H2,1-3H3/b11-8-,20-17-,26-25-,30-27-,39-36-. The molecule has 0 N–H and O–H groups in total. The highest BCUT2D eigenvalue weighted by Crippen LogP contribution is 2.14. The predicted octanol–water partition coefficient (Wildman–Crippen LogP) is 15.3. The molecule has 0 radical (unpaired) electrons. The Morgan fingerprint density at radius 2 is 0.719 bits per heavy atom. The molecule has 0 aliphatic rings. The van der Waals surface area contributed by atoms with Crippen LogP contribution >= 0.6 is 0 Å². The summed E-state index contributed by atoms with van der Waals surface area (Å²) in [5.74, 6) is -0.997. The number of allylic oxidation sites excluding steroid dienone is 10. The van der Waals surface area contributed by atoms with Gasteiger partial charge in [-0.3, -0.25) is 14.4 Å². The summed E-state index contributed by atoms with van der Waals surface area (Å²) < 4.78 is 16.6. The SMILES string of the molecule is CC/C=C\C/C=C\C/C=C\C/C=C\CCC(=O)OC(COC(=O)CCCCCCC/C=C\CCCCCCCCC)COC(=O)CCCCCCCCCCCC.